The number of nitrogens with one attached hydrogen (secondary N) is 1. The summed E-state index contributed by atoms with van der Waals surface area (Å²) in [7, 11) is 3.66. The lowest BCUT2D eigenvalue weighted by atomic mass is 9.93. The van der Waals surface area contributed by atoms with Gasteiger partial charge in [0.2, 0.25) is 0 Å². The molecule has 3 heteroatoms. The van der Waals surface area contributed by atoms with Crippen LogP contribution in [0.5, 0.6) is 5.75 Å². The number of rotatable bonds is 7. The van der Waals surface area contributed by atoms with Gasteiger partial charge in [-0.3, -0.25) is 0 Å². The Morgan fingerprint density at radius 1 is 1.28 bits per heavy atom. The molecule has 0 aliphatic rings. The van der Waals surface area contributed by atoms with Crippen molar-refractivity contribution in [3.63, 3.8) is 0 Å². The summed E-state index contributed by atoms with van der Waals surface area (Å²) >= 11 is 0. The van der Waals surface area contributed by atoms with Crippen LogP contribution in [0.3, 0.4) is 0 Å². The van der Waals surface area contributed by atoms with Gasteiger partial charge in [0.25, 0.3) is 0 Å². The predicted octanol–water partition coefficient (Wildman–Crippen LogP) is 3.02. The van der Waals surface area contributed by atoms with Crippen molar-refractivity contribution in [2.24, 2.45) is 5.92 Å². The van der Waals surface area contributed by atoms with E-state index in [0.29, 0.717) is 5.92 Å². The highest BCUT2D eigenvalue weighted by atomic mass is 16.5. The third kappa shape index (κ3) is 3.72. The molecule has 0 amide bonds. The lowest BCUT2D eigenvalue weighted by Gasteiger charge is -2.30. The van der Waals surface area contributed by atoms with Gasteiger partial charge in [-0.15, -0.1) is 0 Å². The van der Waals surface area contributed by atoms with E-state index in [4.69, 9.17) is 9.47 Å². The number of benzene rings is 1. The molecule has 0 bridgehead atoms. The van der Waals surface area contributed by atoms with E-state index in [1.807, 2.05) is 26.1 Å². The molecule has 1 aromatic rings. The molecule has 0 spiro atoms. The van der Waals surface area contributed by atoms with Crippen LogP contribution in [0.1, 0.15) is 32.4 Å². The molecule has 2 unspecified atom stereocenters. The molecular weight excluding hydrogens is 226 g/mol. The fourth-order valence-corrected chi connectivity index (χ4v) is 2.22. The van der Waals surface area contributed by atoms with Gasteiger partial charge in [-0.25, -0.2) is 0 Å². The first-order valence-corrected chi connectivity index (χ1v) is 6.56. The van der Waals surface area contributed by atoms with Crippen molar-refractivity contribution in [1.29, 1.82) is 0 Å². The fourth-order valence-electron chi connectivity index (χ4n) is 2.22. The number of ether oxygens (including phenoxy) is 2. The molecule has 0 aliphatic heterocycles. The van der Waals surface area contributed by atoms with Gasteiger partial charge in [-0.1, -0.05) is 26.0 Å². The average Bonchev–Trinajstić information content (AvgIpc) is 2.38. The van der Waals surface area contributed by atoms with Gasteiger partial charge >= 0.3 is 0 Å². The summed E-state index contributed by atoms with van der Waals surface area (Å²) in [5.74, 6) is 1.33. The topological polar surface area (TPSA) is 30.5 Å². The molecule has 0 aliphatic carbocycles. The van der Waals surface area contributed by atoms with Gasteiger partial charge in [0.15, 0.2) is 0 Å². The normalized spacial score (nSPS) is 14.6. The zero-order chi connectivity index (χ0) is 13.5. The molecule has 0 aromatic heterocycles. The number of likely N-dealkylation sites (N-methyl/N-ethyl adjacent to an activating group) is 1. The Bertz CT molecular complexity index is 352. The smallest absolute Gasteiger partial charge is 0.119 e. The van der Waals surface area contributed by atoms with Gasteiger partial charge < -0.3 is 14.8 Å². The Morgan fingerprint density at radius 2 is 2.00 bits per heavy atom. The molecule has 3 nitrogen and oxygen atoms in total. The average molecular weight is 251 g/mol. The van der Waals surface area contributed by atoms with Crippen LogP contribution in [0.4, 0.5) is 0 Å². The summed E-state index contributed by atoms with van der Waals surface area (Å²) in [6.45, 7) is 7.13. The Labute approximate surface area is 110 Å². The first kappa shape index (κ1) is 15.0. The van der Waals surface area contributed by atoms with Gasteiger partial charge in [-0.2, -0.15) is 0 Å². The maximum Gasteiger partial charge on any atom is 0.119 e. The van der Waals surface area contributed by atoms with E-state index in [0.717, 1.165) is 12.4 Å². The number of hydrogen-bond donors (Lipinski definition) is 1. The minimum Gasteiger partial charge on any atom is -0.497 e. The zero-order valence-corrected chi connectivity index (χ0v) is 12.1. The Hall–Kier alpha value is -1.06. The molecule has 1 rings (SSSR count). The van der Waals surface area contributed by atoms with Crippen LogP contribution >= 0.6 is 0 Å². The summed E-state index contributed by atoms with van der Waals surface area (Å²) in [6.07, 6.45) is 0.159. The highest BCUT2D eigenvalue weighted by molar-refractivity contribution is 5.31. The second-order valence-corrected chi connectivity index (χ2v) is 4.71. The van der Waals surface area contributed by atoms with Crippen LogP contribution in [-0.2, 0) is 4.74 Å². The minimum absolute atomic E-state index is 0.159. The number of methoxy groups -OCH3 is 1. The minimum atomic E-state index is 0.159. The largest absolute Gasteiger partial charge is 0.497 e. The van der Waals surface area contributed by atoms with Gasteiger partial charge in [0, 0.05) is 6.61 Å². The lowest BCUT2D eigenvalue weighted by Crippen LogP contribution is -2.35. The third-order valence-corrected chi connectivity index (χ3v) is 3.11. The first-order valence-electron chi connectivity index (χ1n) is 6.56. The Kier molecular flexibility index (Phi) is 6.16. The van der Waals surface area contributed by atoms with Crippen molar-refractivity contribution in [1.82, 2.24) is 5.32 Å². The van der Waals surface area contributed by atoms with E-state index in [1.54, 1.807) is 7.11 Å². The predicted molar refractivity (Wildman–Crippen MR) is 75.0 cm³/mol. The summed E-state index contributed by atoms with van der Waals surface area (Å²) in [5.41, 5.74) is 1.20. The Morgan fingerprint density at radius 3 is 2.50 bits per heavy atom. The van der Waals surface area contributed by atoms with E-state index in [9.17, 15) is 0 Å². The van der Waals surface area contributed by atoms with E-state index in [-0.39, 0.29) is 12.1 Å². The fraction of sp³-hybridized carbons (Fsp3) is 0.600. The quantitative estimate of drug-likeness (QED) is 0.808. The summed E-state index contributed by atoms with van der Waals surface area (Å²) in [5, 5.41) is 3.36. The summed E-state index contributed by atoms with van der Waals surface area (Å²) < 4.78 is 11.2. The third-order valence-electron chi connectivity index (χ3n) is 3.11. The van der Waals surface area contributed by atoms with Gasteiger partial charge in [0.05, 0.1) is 19.3 Å². The van der Waals surface area contributed by atoms with Crippen LogP contribution in [0.15, 0.2) is 24.3 Å². The van der Waals surface area contributed by atoms with Gasteiger partial charge in [-0.05, 0) is 37.6 Å². The monoisotopic (exact) mass is 251 g/mol. The van der Waals surface area contributed by atoms with Crippen LogP contribution < -0.4 is 10.1 Å². The molecule has 2 atom stereocenters. The molecule has 18 heavy (non-hydrogen) atoms. The second kappa shape index (κ2) is 7.39. The maximum absolute atomic E-state index is 5.88. The number of hydrogen-bond acceptors (Lipinski definition) is 3. The molecule has 0 radical (unpaired) electrons. The highest BCUT2D eigenvalue weighted by Crippen LogP contribution is 2.26. The van der Waals surface area contributed by atoms with Crippen molar-refractivity contribution >= 4 is 0 Å². The van der Waals surface area contributed by atoms with E-state index >= 15 is 0 Å². The zero-order valence-electron chi connectivity index (χ0n) is 12.1. The molecule has 0 heterocycles. The SMILES string of the molecule is CCOC(C(C)C)C(NC)c1cccc(OC)c1. The van der Waals surface area contributed by atoms with Crippen molar-refractivity contribution < 1.29 is 9.47 Å². The molecular formula is C15H25NO2. The van der Waals surface area contributed by atoms with Crippen molar-refractivity contribution in [3.8, 4) is 5.75 Å². The lowest BCUT2D eigenvalue weighted by molar-refractivity contribution is 0.00457. The molecule has 102 valence electrons. The first-order chi connectivity index (χ1) is 8.63. The second-order valence-electron chi connectivity index (χ2n) is 4.71. The Balaban J connectivity index is 2.98. The standard InChI is InChI=1S/C15H25NO2/c1-6-18-15(11(2)3)14(16-4)12-8-7-9-13(10-12)17-5/h7-11,14-16H,6H2,1-5H3. The van der Waals surface area contributed by atoms with Crippen LogP contribution in [0.25, 0.3) is 0 Å². The van der Waals surface area contributed by atoms with Crippen LogP contribution in [0, 0.1) is 5.92 Å². The molecule has 1 N–H and O–H groups in total. The van der Waals surface area contributed by atoms with E-state index in [1.165, 1.54) is 5.56 Å². The highest BCUT2D eigenvalue weighted by Gasteiger charge is 2.25. The van der Waals surface area contributed by atoms with Crippen LogP contribution in [0.2, 0.25) is 0 Å². The maximum atomic E-state index is 5.88. The molecule has 0 saturated carbocycles. The summed E-state index contributed by atoms with van der Waals surface area (Å²) in [4.78, 5) is 0. The van der Waals surface area contributed by atoms with Crippen molar-refractivity contribution in [3.05, 3.63) is 29.8 Å². The molecule has 0 fully saturated rings. The summed E-state index contributed by atoms with van der Waals surface area (Å²) in [6, 6.07) is 8.33. The van der Waals surface area contributed by atoms with E-state index < -0.39 is 0 Å². The van der Waals surface area contributed by atoms with Crippen molar-refractivity contribution in [2.75, 3.05) is 20.8 Å². The molecule has 0 saturated heterocycles. The van der Waals surface area contributed by atoms with Gasteiger partial charge in [0.1, 0.15) is 5.75 Å². The van der Waals surface area contributed by atoms with Crippen molar-refractivity contribution in [2.45, 2.75) is 32.9 Å². The molecule has 1 aromatic carbocycles. The van der Waals surface area contributed by atoms with Crippen LogP contribution in [-0.4, -0.2) is 26.9 Å². The van der Waals surface area contributed by atoms with E-state index in [2.05, 4.69) is 31.3 Å².